The summed E-state index contributed by atoms with van der Waals surface area (Å²) in [5.74, 6) is 1.29. The first-order valence-corrected chi connectivity index (χ1v) is 12.8. The molecule has 2 unspecified atom stereocenters. The van der Waals surface area contributed by atoms with Gasteiger partial charge in [0.25, 0.3) is 5.91 Å². The van der Waals surface area contributed by atoms with Crippen LogP contribution in [0.5, 0.6) is 0 Å². The van der Waals surface area contributed by atoms with Gasteiger partial charge < -0.3 is 15.1 Å². The largest absolute Gasteiger partial charge is 0.356 e. The van der Waals surface area contributed by atoms with E-state index in [4.69, 9.17) is 4.98 Å². The lowest BCUT2D eigenvalue weighted by atomic mass is 10.0. The Hall–Kier alpha value is -2.74. The summed E-state index contributed by atoms with van der Waals surface area (Å²) in [4.78, 5) is 29.0. The van der Waals surface area contributed by atoms with E-state index < -0.39 is 0 Å². The number of nitrogens with one attached hydrogen (secondary N) is 1. The minimum Gasteiger partial charge on any atom is -0.356 e. The number of hydrogen-bond acceptors (Lipinski definition) is 6. The maximum absolute atomic E-state index is 13.6. The van der Waals surface area contributed by atoms with Gasteiger partial charge in [-0.1, -0.05) is 18.9 Å². The van der Waals surface area contributed by atoms with Crippen molar-refractivity contribution in [2.24, 2.45) is 0 Å². The monoisotopic (exact) mass is 466 g/mol. The van der Waals surface area contributed by atoms with Crippen molar-refractivity contribution in [2.45, 2.75) is 57.0 Å². The topological polar surface area (TPSA) is 64.6 Å². The lowest BCUT2D eigenvalue weighted by Gasteiger charge is -2.37. The van der Waals surface area contributed by atoms with Gasteiger partial charge in [0.1, 0.15) is 11.6 Å². The molecule has 1 N–H and O–H groups in total. The number of amides is 1. The first-order valence-electron chi connectivity index (χ1n) is 12.8. The summed E-state index contributed by atoms with van der Waals surface area (Å²) in [6, 6.07) is 8.66. The second-order valence-corrected chi connectivity index (χ2v) is 9.82. The van der Waals surface area contributed by atoms with Crippen LogP contribution in [0.1, 0.15) is 55.3 Å². The lowest BCUT2D eigenvalue weighted by molar-refractivity contribution is 0.0606. The van der Waals surface area contributed by atoms with Crippen LogP contribution in [0.3, 0.4) is 0 Å². The van der Waals surface area contributed by atoms with Gasteiger partial charge in [0.2, 0.25) is 5.95 Å². The number of anilines is 2. The molecule has 0 bridgehead atoms. The zero-order valence-electron chi connectivity index (χ0n) is 19.8. The summed E-state index contributed by atoms with van der Waals surface area (Å²) < 4.78 is 13.6. The molecule has 1 aromatic heterocycles. The van der Waals surface area contributed by atoms with Crippen molar-refractivity contribution in [3.8, 4) is 0 Å². The minimum absolute atomic E-state index is 0.0724. The van der Waals surface area contributed by atoms with Crippen molar-refractivity contribution in [3.05, 3.63) is 47.9 Å². The third kappa shape index (κ3) is 5.49. The first-order chi connectivity index (χ1) is 16.7. The van der Waals surface area contributed by atoms with Gasteiger partial charge in [-0.2, -0.15) is 4.98 Å². The van der Waals surface area contributed by atoms with Crippen molar-refractivity contribution in [2.75, 3.05) is 49.5 Å². The van der Waals surface area contributed by atoms with Crippen LogP contribution in [-0.4, -0.2) is 77.0 Å². The molecule has 7 nitrogen and oxygen atoms in total. The molecule has 3 aliphatic heterocycles. The van der Waals surface area contributed by atoms with Crippen LogP contribution in [0, 0.1) is 5.82 Å². The average Bonchev–Trinajstić information content (AvgIpc) is 3.15. The van der Waals surface area contributed by atoms with Crippen molar-refractivity contribution < 1.29 is 9.18 Å². The maximum Gasteiger partial charge on any atom is 0.254 e. The normalized spacial score (nSPS) is 24.1. The Balaban J connectivity index is 1.17. The van der Waals surface area contributed by atoms with Gasteiger partial charge in [-0.15, -0.1) is 0 Å². The van der Waals surface area contributed by atoms with Gasteiger partial charge in [-0.05, 0) is 56.4 Å². The number of benzene rings is 1. The average molecular weight is 467 g/mol. The van der Waals surface area contributed by atoms with E-state index in [1.54, 1.807) is 12.1 Å². The predicted octanol–water partition coefficient (Wildman–Crippen LogP) is 3.79. The van der Waals surface area contributed by atoms with Crippen molar-refractivity contribution in [1.82, 2.24) is 19.8 Å². The quantitative estimate of drug-likeness (QED) is 0.724. The number of carbonyl (C=O) groups is 1. The number of halogens is 1. The van der Waals surface area contributed by atoms with Crippen LogP contribution in [0.4, 0.5) is 16.2 Å². The molecule has 8 heteroatoms. The molecule has 3 fully saturated rings. The summed E-state index contributed by atoms with van der Waals surface area (Å²) in [5, 5.41) is 3.56. The van der Waals surface area contributed by atoms with Gasteiger partial charge >= 0.3 is 0 Å². The third-order valence-electron chi connectivity index (χ3n) is 7.40. The Bertz CT molecular complexity index is 979. The fourth-order valence-corrected chi connectivity index (χ4v) is 5.56. The molecule has 0 radical (unpaired) electrons. The predicted molar refractivity (Wildman–Crippen MR) is 132 cm³/mol. The van der Waals surface area contributed by atoms with Crippen LogP contribution in [0.15, 0.2) is 36.5 Å². The third-order valence-corrected chi connectivity index (χ3v) is 7.40. The molecule has 1 aromatic carbocycles. The van der Waals surface area contributed by atoms with E-state index in [1.807, 2.05) is 17.2 Å². The van der Waals surface area contributed by atoms with E-state index >= 15 is 0 Å². The fourth-order valence-electron chi connectivity index (χ4n) is 5.56. The summed E-state index contributed by atoms with van der Waals surface area (Å²) in [6.45, 7) is 5.49. The summed E-state index contributed by atoms with van der Waals surface area (Å²) in [5.41, 5.74) is 0.433. The van der Waals surface area contributed by atoms with Crippen LogP contribution < -0.4 is 10.2 Å². The maximum atomic E-state index is 13.6. The van der Waals surface area contributed by atoms with Crippen LogP contribution in [0.2, 0.25) is 0 Å². The van der Waals surface area contributed by atoms with Gasteiger partial charge in [-0.25, -0.2) is 9.37 Å². The standard InChI is InChI=1S/C26H35FN6O/c27-21-8-5-7-20(17-21)25(34)33-15-6-9-23(19-33)32-16-11-22(18-32)29-26-28-12-10-24(30-26)31-13-3-1-2-4-14-31/h5,7-8,10,12,17,22-23H,1-4,6,9,11,13-16,18-19H2,(H,28,29,30). The zero-order valence-corrected chi connectivity index (χ0v) is 19.8. The van der Waals surface area contributed by atoms with Gasteiger partial charge in [0.05, 0.1) is 0 Å². The second-order valence-electron chi connectivity index (χ2n) is 9.82. The highest BCUT2D eigenvalue weighted by atomic mass is 19.1. The van der Waals surface area contributed by atoms with Crippen LogP contribution in [-0.2, 0) is 0 Å². The molecule has 4 heterocycles. The van der Waals surface area contributed by atoms with Gasteiger partial charge in [-0.3, -0.25) is 9.69 Å². The highest BCUT2D eigenvalue weighted by Gasteiger charge is 2.33. The van der Waals surface area contributed by atoms with E-state index in [-0.39, 0.29) is 11.7 Å². The molecule has 2 atom stereocenters. The molecule has 1 amide bonds. The smallest absolute Gasteiger partial charge is 0.254 e. The van der Waals surface area contributed by atoms with E-state index in [1.165, 1.54) is 37.8 Å². The highest BCUT2D eigenvalue weighted by Crippen LogP contribution is 2.24. The molecule has 3 saturated heterocycles. The highest BCUT2D eigenvalue weighted by molar-refractivity contribution is 5.94. The molecule has 0 aliphatic carbocycles. The Labute approximate surface area is 201 Å². The van der Waals surface area contributed by atoms with Gasteiger partial charge in [0, 0.05) is 63.1 Å². The molecular weight excluding hydrogens is 431 g/mol. The van der Waals surface area contributed by atoms with E-state index in [0.29, 0.717) is 30.1 Å². The molecular formula is C26H35FN6O. The Morgan fingerprint density at radius 3 is 2.65 bits per heavy atom. The number of piperidine rings is 1. The number of carbonyl (C=O) groups excluding carboxylic acids is 1. The number of nitrogens with zero attached hydrogens (tertiary/aromatic N) is 5. The van der Waals surface area contributed by atoms with Gasteiger partial charge in [0.15, 0.2) is 0 Å². The molecule has 3 aliphatic rings. The van der Waals surface area contributed by atoms with Crippen LogP contribution >= 0.6 is 0 Å². The van der Waals surface area contributed by atoms with E-state index in [9.17, 15) is 9.18 Å². The number of hydrogen-bond donors (Lipinski definition) is 1. The molecule has 2 aromatic rings. The summed E-state index contributed by atoms with van der Waals surface area (Å²) >= 11 is 0. The summed E-state index contributed by atoms with van der Waals surface area (Å²) in [6.07, 6.45) is 10.0. The molecule has 5 rings (SSSR count). The zero-order chi connectivity index (χ0) is 23.3. The van der Waals surface area contributed by atoms with E-state index in [0.717, 1.165) is 57.8 Å². The Morgan fingerprint density at radius 2 is 1.82 bits per heavy atom. The van der Waals surface area contributed by atoms with Crippen molar-refractivity contribution >= 4 is 17.7 Å². The molecule has 0 spiro atoms. The Morgan fingerprint density at radius 1 is 0.971 bits per heavy atom. The van der Waals surface area contributed by atoms with Crippen molar-refractivity contribution in [1.29, 1.82) is 0 Å². The number of likely N-dealkylation sites (tertiary alicyclic amines) is 2. The Kier molecular flexibility index (Phi) is 7.23. The van der Waals surface area contributed by atoms with Crippen molar-refractivity contribution in [3.63, 3.8) is 0 Å². The fraction of sp³-hybridized carbons (Fsp3) is 0.577. The first kappa shape index (κ1) is 23.0. The van der Waals surface area contributed by atoms with Crippen LogP contribution in [0.25, 0.3) is 0 Å². The van der Waals surface area contributed by atoms with E-state index in [2.05, 4.69) is 20.1 Å². The minimum atomic E-state index is -0.366. The number of rotatable bonds is 5. The summed E-state index contributed by atoms with van der Waals surface area (Å²) in [7, 11) is 0. The second kappa shape index (κ2) is 10.7. The molecule has 0 saturated carbocycles. The lowest BCUT2D eigenvalue weighted by Crippen LogP contribution is -2.49. The molecule has 34 heavy (non-hydrogen) atoms. The number of aromatic nitrogens is 2. The SMILES string of the molecule is O=C(c1cccc(F)c1)N1CCCC(N2CCC(Nc3nccc(N4CCCCCC4)n3)C2)C1. The molecule has 182 valence electrons.